The summed E-state index contributed by atoms with van der Waals surface area (Å²) in [5, 5.41) is -0.134. The number of rotatable bonds is 4. The standard InChI is InChI=1S/C17H15FN2O4S/c1-20-15-8-7-13(18)9-14(15)19-17(20)25(22,23)10-11-3-5-12(6-4-11)16(21)24-2/h3-9H,10H2,1-2H3. The molecule has 2 aromatic carbocycles. The third-order valence-corrected chi connectivity index (χ3v) is 5.45. The lowest BCUT2D eigenvalue weighted by atomic mass is 10.1. The Morgan fingerprint density at radius 1 is 1.20 bits per heavy atom. The summed E-state index contributed by atoms with van der Waals surface area (Å²) in [6, 6.07) is 10.0. The fourth-order valence-corrected chi connectivity index (χ4v) is 4.08. The molecule has 0 amide bonds. The number of hydrogen-bond acceptors (Lipinski definition) is 5. The highest BCUT2D eigenvalue weighted by Gasteiger charge is 2.23. The summed E-state index contributed by atoms with van der Waals surface area (Å²) in [5.74, 6) is -1.26. The van der Waals surface area contributed by atoms with Crippen LogP contribution in [0, 0.1) is 5.82 Å². The van der Waals surface area contributed by atoms with E-state index in [0.717, 1.165) is 0 Å². The van der Waals surface area contributed by atoms with Gasteiger partial charge in [-0.3, -0.25) is 0 Å². The van der Waals surface area contributed by atoms with Crippen molar-refractivity contribution in [3.05, 3.63) is 59.4 Å². The van der Waals surface area contributed by atoms with Crippen LogP contribution in [0.1, 0.15) is 15.9 Å². The average Bonchev–Trinajstić information content (AvgIpc) is 2.91. The Hall–Kier alpha value is -2.74. The molecule has 8 heteroatoms. The number of carbonyl (C=O) groups is 1. The maximum absolute atomic E-state index is 13.3. The number of ether oxygens (including phenoxy) is 1. The first-order valence-corrected chi connectivity index (χ1v) is 8.99. The number of hydrogen-bond donors (Lipinski definition) is 0. The fourth-order valence-electron chi connectivity index (χ4n) is 2.57. The number of methoxy groups -OCH3 is 1. The fraction of sp³-hybridized carbons (Fsp3) is 0.176. The number of sulfone groups is 1. The molecule has 3 aromatic rings. The van der Waals surface area contributed by atoms with Crippen LogP contribution in [0.3, 0.4) is 0 Å². The second-order valence-electron chi connectivity index (χ2n) is 5.53. The molecule has 0 aliphatic carbocycles. The van der Waals surface area contributed by atoms with E-state index in [0.29, 0.717) is 16.6 Å². The highest BCUT2D eigenvalue weighted by atomic mass is 32.2. The Bertz CT molecular complexity index is 1060. The number of benzene rings is 2. The Balaban J connectivity index is 1.94. The van der Waals surface area contributed by atoms with E-state index in [2.05, 4.69) is 9.72 Å². The molecule has 1 aromatic heterocycles. The summed E-state index contributed by atoms with van der Waals surface area (Å²) < 4.78 is 44.7. The van der Waals surface area contributed by atoms with Crippen LogP contribution >= 0.6 is 0 Å². The van der Waals surface area contributed by atoms with Crippen molar-refractivity contribution in [2.75, 3.05) is 7.11 Å². The molecule has 6 nitrogen and oxygen atoms in total. The largest absolute Gasteiger partial charge is 0.465 e. The second kappa shape index (κ2) is 6.29. The van der Waals surface area contributed by atoms with Gasteiger partial charge in [-0.25, -0.2) is 22.6 Å². The number of nitrogens with zero attached hydrogens (tertiary/aromatic N) is 2. The minimum atomic E-state index is -3.74. The molecule has 130 valence electrons. The van der Waals surface area contributed by atoms with E-state index in [1.165, 1.54) is 42.0 Å². The molecule has 0 unspecified atom stereocenters. The lowest BCUT2D eigenvalue weighted by Gasteiger charge is -2.06. The van der Waals surface area contributed by atoms with Gasteiger partial charge >= 0.3 is 5.97 Å². The summed E-state index contributed by atoms with van der Waals surface area (Å²) in [5.41, 5.74) is 1.65. The Morgan fingerprint density at radius 2 is 1.88 bits per heavy atom. The van der Waals surface area contributed by atoms with Crippen molar-refractivity contribution >= 4 is 26.8 Å². The number of halogens is 1. The lowest BCUT2D eigenvalue weighted by molar-refractivity contribution is 0.0600. The van der Waals surface area contributed by atoms with Crippen molar-refractivity contribution in [3.8, 4) is 0 Å². The van der Waals surface area contributed by atoms with E-state index in [1.807, 2.05) is 0 Å². The highest BCUT2D eigenvalue weighted by molar-refractivity contribution is 7.90. The summed E-state index contributed by atoms with van der Waals surface area (Å²) >= 11 is 0. The topological polar surface area (TPSA) is 78.3 Å². The molecule has 0 atom stereocenters. The third kappa shape index (κ3) is 3.25. The molecule has 0 aliphatic heterocycles. The zero-order valence-electron chi connectivity index (χ0n) is 13.6. The number of aryl methyl sites for hydroxylation is 1. The molecule has 0 saturated carbocycles. The second-order valence-corrected chi connectivity index (χ2v) is 7.42. The van der Waals surface area contributed by atoms with Gasteiger partial charge in [0.25, 0.3) is 0 Å². The van der Waals surface area contributed by atoms with E-state index in [-0.39, 0.29) is 16.4 Å². The maximum atomic E-state index is 13.3. The van der Waals surface area contributed by atoms with Gasteiger partial charge in [0.1, 0.15) is 5.82 Å². The van der Waals surface area contributed by atoms with Gasteiger partial charge in [0.15, 0.2) is 0 Å². The Labute approximate surface area is 143 Å². The first-order valence-electron chi connectivity index (χ1n) is 7.34. The maximum Gasteiger partial charge on any atom is 0.337 e. The van der Waals surface area contributed by atoms with Gasteiger partial charge < -0.3 is 9.30 Å². The zero-order chi connectivity index (χ0) is 18.2. The van der Waals surface area contributed by atoms with Crippen molar-refractivity contribution in [2.24, 2.45) is 7.05 Å². The van der Waals surface area contributed by atoms with Crippen LogP contribution in [-0.4, -0.2) is 31.0 Å². The van der Waals surface area contributed by atoms with Gasteiger partial charge in [-0.2, -0.15) is 0 Å². The lowest BCUT2D eigenvalue weighted by Crippen LogP contribution is -2.11. The van der Waals surface area contributed by atoms with Gasteiger partial charge in [0, 0.05) is 13.1 Å². The first kappa shape index (κ1) is 17.1. The quantitative estimate of drug-likeness (QED) is 0.666. The zero-order valence-corrected chi connectivity index (χ0v) is 14.4. The minimum Gasteiger partial charge on any atom is -0.465 e. The van der Waals surface area contributed by atoms with Crippen molar-refractivity contribution in [3.63, 3.8) is 0 Å². The summed E-state index contributed by atoms with van der Waals surface area (Å²) in [7, 11) is -0.901. The number of esters is 1. The number of aromatic nitrogens is 2. The van der Waals surface area contributed by atoms with Gasteiger partial charge in [-0.15, -0.1) is 0 Å². The molecule has 0 spiro atoms. The monoisotopic (exact) mass is 362 g/mol. The van der Waals surface area contributed by atoms with Gasteiger partial charge in [-0.1, -0.05) is 12.1 Å². The van der Waals surface area contributed by atoms with E-state index in [1.54, 1.807) is 19.2 Å². The van der Waals surface area contributed by atoms with Crippen LogP contribution in [0.15, 0.2) is 47.6 Å². The Morgan fingerprint density at radius 3 is 2.52 bits per heavy atom. The molecular formula is C17H15FN2O4S. The molecule has 0 bridgehead atoms. The molecule has 0 radical (unpaired) electrons. The molecule has 0 saturated heterocycles. The van der Waals surface area contributed by atoms with Crippen LogP contribution < -0.4 is 0 Å². The Kier molecular flexibility index (Phi) is 4.30. The van der Waals surface area contributed by atoms with Gasteiger partial charge in [0.05, 0.1) is 29.5 Å². The molecule has 25 heavy (non-hydrogen) atoms. The van der Waals surface area contributed by atoms with Crippen LogP contribution in [-0.2, 0) is 27.4 Å². The van der Waals surface area contributed by atoms with Gasteiger partial charge in [0.2, 0.25) is 15.0 Å². The van der Waals surface area contributed by atoms with Crippen LogP contribution in [0.2, 0.25) is 0 Å². The van der Waals surface area contributed by atoms with Crippen molar-refractivity contribution < 1.29 is 22.3 Å². The summed E-state index contributed by atoms with van der Waals surface area (Å²) in [6.45, 7) is 0. The number of imidazole rings is 1. The molecular weight excluding hydrogens is 347 g/mol. The predicted molar refractivity (Wildman–Crippen MR) is 89.3 cm³/mol. The van der Waals surface area contributed by atoms with E-state index >= 15 is 0 Å². The van der Waals surface area contributed by atoms with E-state index in [4.69, 9.17) is 0 Å². The van der Waals surface area contributed by atoms with Crippen molar-refractivity contribution in [1.29, 1.82) is 0 Å². The van der Waals surface area contributed by atoms with Gasteiger partial charge in [-0.05, 0) is 29.8 Å². The first-order chi connectivity index (χ1) is 11.8. The number of fused-ring (bicyclic) bond motifs is 1. The molecule has 1 heterocycles. The summed E-state index contributed by atoms with van der Waals surface area (Å²) in [6.07, 6.45) is 0. The highest BCUT2D eigenvalue weighted by Crippen LogP contribution is 2.22. The van der Waals surface area contributed by atoms with Crippen LogP contribution in [0.5, 0.6) is 0 Å². The molecule has 0 N–H and O–H groups in total. The van der Waals surface area contributed by atoms with E-state index < -0.39 is 21.6 Å². The SMILES string of the molecule is COC(=O)c1ccc(CS(=O)(=O)c2nc3cc(F)ccc3n2C)cc1. The smallest absolute Gasteiger partial charge is 0.337 e. The van der Waals surface area contributed by atoms with Crippen LogP contribution in [0.25, 0.3) is 11.0 Å². The minimum absolute atomic E-state index is 0.134. The third-order valence-electron chi connectivity index (χ3n) is 3.81. The predicted octanol–water partition coefficient (Wildman–Crippen LogP) is 2.47. The summed E-state index contributed by atoms with van der Waals surface area (Å²) in [4.78, 5) is 15.5. The van der Waals surface area contributed by atoms with Crippen LogP contribution in [0.4, 0.5) is 4.39 Å². The van der Waals surface area contributed by atoms with Crippen molar-refractivity contribution in [2.45, 2.75) is 10.9 Å². The molecule has 0 fully saturated rings. The normalized spacial score (nSPS) is 11.6. The molecule has 0 aliphatic rings. The average molecular weight is 362 g/mol. The molecule has 3 rings (SSSR count). The number of carbonyl (C=O) groups excluding carboxylic acids is 1. The van der Waals surface area contributed by atoms with Crippen molar-refractivity contribution in [1.82, 2.24) is 9.55 Å². The van der Waals surface area contributed by atoms with E-state index in [9.17, 15) is 17.6 Å².